The second-order valence-corrected chi connectivity index (χ2v) is 9.06. The summed E-state index contributed by atoms with van der Waals surface area (Å²) in [5.41, 5.74) is 3.72. The smallest absolute Gasteiger partial charge is 0.228 e. The van der Waals surface area contributed by atoms with Gasteiger partial charge < -0.3 is 9.80 Å². The van der Waals surface area contributed by atoms with Crippen LogP contribution in [0.15, 0.2) is 24.3 Å². The summed E-state index contributed by atoms with van der Waals surface area (Å²) in [5, 5.41) is 8.28. The van der Waals surface area contributed by atoms with Gasteiger partial charge in [-0.05, 0) is 32.9 Å². The fourth-order valence-corrected chi connectivity index (χ4v) is 4.23. The molecule has 28 heavy (non-hydrogen) atoms. The zero-order valence-electron chi connectivity index (χ0n) is 16.5. The number of benzene rings is 1. The molecule has 2 amide bonds. The van der Waals surface area contributed by atoms with Crippen molar-refractivity contribution in [3.05, 3.63) is 40.5 Å². The number of aromatic amines is 1. The molecule has 2 aliphatic rings. The molecular weight excluding hydrogens is 376 g/mol. The fraction of sp³-hybridized carbons (Fsp3) is 0.476. The number of carbonyl (C=O) groups excluding carboxylic acids is 2. The summed E-state index contributed by atoms with van der Waals surface area (Å²) in [6.07, 6.45) is 1.04. The van der Waals surface area contributed by atoms with Crippen LogP contribution in [0.3, 0.4) is 0 Å². The number of nitrogens with one attached hydrogen (secondary N) is 1. The summed E-state index contributed by atoms with van der Waals surface area (Å²) in [5.74, 6) is -0.137. The summed E-state index contributed by atoms with van der Waals surface area (Å²) in [6, 6.07) is 7.57. The number of fused-ring (bicyclic) bond motifs is 1. The number of halogens is 1. The average Bonchev–Trinajstić information content (AvgIpc) is 3.24. The van der Waals surface area contributed by atoms with Crippen LogP contribution in [0.4, 0.5) is 0 Å². The maximum atomic E-state index is 13.1. The Kier molecular flexibility index (Phi) is 4.70. The van der Waals surface area contributed by atoms with Crippen molar-refractivity contribution in [2.24, 2.45) is 5.92 Å². The Balaban J connectivity index is 1.53. The van der Waals surface area contributed by atoms with Gasteiger partial charge in [0.05, 0.1) is 11.6 Å². The lowest BCUT2D eigenvalue weighted by Crippen LogP contribution is -2.44. The van der Waals surface area contributed by atoms with Gasteiger partial charge in [-0.15, -0.1) is 0 Å². The third kappa shape index (κ3) is 3.41. The van der Waals surface area contributed by atoms with Crippen molar-refractivity contribution in [1.82, 2.24) is 20.0 Å². The van der Waals surface area contributed by atoms with Crippen LogP contribution in [0.5, 0.6) is 0 Å². The van der Waals surface area contributed by atoms with Crippen LogP contribution in [0.25, 0.3) is 11.3 Å². The van der Waals surface area contributed by atoms with Crippen molar-refractivity contribution in [2.75, 3.05) is 13.1 Å². The molecule has 3 heterocycles. The van der Waals surface area contributed by atoms with Crippen LogP contribution in [0, 0.1) is 5.92 Å². The first-order valence-corrected chi connectivity index (χ1v) is 10.0. The fourth-order valence-electron chi connectivity index (χ4n) is 4.11. The minimum Gasteiger partial charge on any atom is -0.338 e. The van der Waals surface area contributed by atoms with Crippen molar-refractivity contribution < 1.29 is 9.59 Å². The molecule has 1 aromatic heterocycles. The third-order valence-electron chi connectivity index (χ3n) is 5.65. The number of hydrogen-bond acceptors (Lipinski definition) is 3. The van der Waals surface area contributed by atoms with Crippen molar-refractivity contribution in [3.63, 3.8) is 0 Å². The molecule has 0 radical (unpaired) electrons. The van der Waals surface area contributed by atoms with Gasteiger partial charge in [0.1, 0.15) is 0 Å². The van der Waals surface area contributed by atoms with E-state index >= 15 is 0 Å². The number of carbonyl (C=O) groups is 2. The maximum Gasteiger partial charge on any atom is 0.228 e. The summed E-state index contributed by atoms with van der Waals surface area (Å²) in [7, 11) is 0. The van der Waals surface area contributed by atoms with E-state index in [-0.39, 0.29) is 23.3 Å². The van der Waals surface area contributed by atoms with Gasteiger partial charge in [-0.25, -0.2) is 0 Å². The molecular formula is C21H25ClN4O2. The zero-order valence-corrected chi connectivity index (χ0v) is 17.2. The number of likely N-dealkylation sites (tertiary alicyclic amines) is 1. The largest absolute Gasteiger partial charge is 0.338 e. The van der Waals surface area contributed by atoms with E-state index in [2.05, 4.69) is 10.2 Å². The second kappa shape index (κ2) is 6.92. The lowest BCUT2D eigenvalue weighted by Gasteiger charge is -2.33. The van der Waals surface area contributed by atoms with Crippen LogP contribution in [-0.4, -0.2) is 50.4 Å². The summed E-state index contributed by atoms with van der Waals surface area (Å²) >= 11 is 6.00. The lowest BCUT2D eigenvalue weighted by molar-refractivity contribution is -0.136. The van der Waals surface area contributed by atoms with E-state index < -0.39 is 0 Å². The minimum absolute atomic E-state index is 0.0636. The lowest BCUT2D eigenvalue weighted by atomic mass is 9.99. The normalized spacial score (nSPS) is 19.9. The molecule has 0 bridgehead atoms. The monoisotopic (exact) mass is 400 g/mol. The predicted octanol–water partition coefficient (Wildman–Crippen LogP) is 3.26. The van der Waals surface area contributed by atoms with Crippen molar-refractivity contribution in [1.29, 1.82) is 0 Å². The zero-order chi connectivity index (χ0) is 20.1. The molecule has 2 aliphatic heterocycles. The van der Waals surface area contributed by atoms with Crippen molar-refractivity contribution >= 4 is 23.4 Å². The highest BCUT2D eigenvalue weighted by Gasteiger charge is 2.41. The summed E-state index contributed by atoms with van der Waals surface area (Å²) < 4.78 is 0. The third-order valence-corrected chi connectivity index (χ3v) is 5.90. The second-order valence-electron chi connectivity index (χ2n) is 8.62. The molecule has 0 saturated carbocycles. The van der Waals surface area contributed by atoms with E-state index in [0.717, 1.165) is 28.9 Å². The van der Waals surface area contributed by atoms with Crippen LogP contribution in [-0.2, 0) is 22.6 Å². The van der Waals surface area contributed by atoms with Gasteiger partial charge in [0.2, 0.25) is 11.8 Å². The van der Waals surface area contributed by atoms with Crippen LogP contribution in [0.1, 0.15) is 38.4 Å². The summed E-state index contributed by atoms with van der Waals surface area (Å²) in [6.45, 7) is 7.69. The Labute approximate surface area is 169 Å². The number of nitrogens with zero attached hydrogens (tertiary/aromatic N) is 3. The quantitative estimate of drug-likeness (QED) is 0.841. The predicted molar refractivity (Wildman–Crippen MR) is 108 cm³/mol. The van der Waals surface area contributed by atoms with Crippen LogP contribution < -0.4 is 0 Å². The SMILES string of the molecule is CC(C)(C)N1CC(C(=O)N2CCc3[nH]nc(-c4ccc(Cl)cc4)c3C2)CC1=O. The first-order valence-electron chi connectivity index (χ1n) is 9.65. The molecule has 1 aromatic carbocycles. The van der Waals surface area contributed by atoms with E-state index in [9.17, 15) is 9.59 Å². The van der Waals surface area contributed by atoms with Gasteiger partial charge in [0, 0.05) is 59.9 Å². The van der Waals surface area contributed by atoms with Crippen molar-refractivity contribution in [3.8, 4) is 11.3 Å². The Morgan fingerprint density at radius 1 is 1.25 bits per heavy atom. The Morgan fingerprint density at radius 3 is 2.61 bits per heavy atom. The molecule has 4 rings (SSSR count). The van der Waals surface area contributed by atoms with Gasteiger partial charge in [-0.3, -0.25) is 14.7 Å². The van der Waals surface area contributed by atoms with Crippen LogP contribution >= 0.6 is 11.6 Å². The molecule has 1 unspecified atom stereocenters. The number of hydrogen-bond donors (Lipinski definition) is 1. The van der Waals surface area contributed by atoms with Crippen molar-refractivity contribution in [2.45, 2.75) is 45.7 Å². The Bertz CT molecular complexity index is 913. The molecule has 6 nitrogen and oxygen atoms in total. The molecule has 1 atom stereocenters. The molecule has 0 spiro atoms. The number of rotatable bonds is 2. The van der Waals surface area contributed by atoms with E-state index in [4.69, 9.17) is 11.6 Å². The molecule has 1 N–H and O–H groups in total. The standard InChI is InChI=1S/C21H25ClN4O2/c1-21(2,3)26-11-14(10-18(26)27)20(28)25-9-8-17-16(12-25)19(24-23-17)13-4-6-15(22)7-5-13/h4-7,14H,8-12H2,1-3H3,(H,23,24). The first-order chi connectivity index (χ1) is 13.2. The number of amides is 2. The van der Waals surface area contributed by atoms with E-state index in [1.165, 1.54) is 0 Å². The van der Waals surface area contributed by atoms with E-state index in [1.807, 2.05) is 54.8 Å². The molecule has 7 heteroatoms. The number of aromatic nitrogens is 2. The Hall–Kier alpha value is -2.34. The topological polar surface area (TPSA) is 69.3 Å². The molecule has 1 fully saturated rings. The highest BCUT2D eigenvalue weighted by molar-refractivity contribution is 6.30. The summed E-state index contributed by atoms with van der Waals surface area (Å²) in [4.78, 5) is 29.2. The highest BCUT2D eigenvalue weighted by Crippen LogP contribution is 2.32. The van der Waals surface area contributed by atoms with Crippen LogP contribution in [0.2, 0.25) is 5.02 Å². The van der Waals surface area contributed by atoms with Gasteiger partial charge >= 0.3 is 0 Å². The molecule has 2 aromatic rings. The van der Waals surface area contributed by atoms with E-state index in [0.29, 0.717) is 31.1 Å². The highest BCUT2D eigenvalue weighted by atomic mass is 35.5. The molecule has 1 saturated heterocycles. The first kappa shape index (κ1) is 19.0. The van der Waals surface area contributed by atoms with Gasteiger partial charge in [0.25, 0.3) is 0 Å². The van der Waals surface area contributed by atoms with Gasteiger partial charge in [-0.2, -0.15) is 5.10 Å². The molecule has 148 valence electrons. The Morgan fingerprint density at radius 2 is 1.96 bits per heavy atom. The van der Waals surface area contributed by atoms with Gasteiger partial charge in [0.15, 0.2) is 0 Å². The van der Waals surface area contributed by atoms with Gasteiger partial charge in [-0.1, -0.05) is 23.7 Å². The minimum atomic E-state index is -0.265. The molecule has 0 aliphatic carbocycles. The number of H-pyrrole nitrogens is 1. The average molecular weight is 401 g/mol. The maximum absolute atomic E-state index is 13.1. The van der Waals surface area contributed by atoms with E-state index in [1.54, 1.807) is 0 Å².